The molecule has 2 aromatic rings. The number of benzene rings is 1. The molecule has 0 N–H and O–H groups in total. The van der Waals surface area contributed by atoms with E-state index in [4.69, 9.17) is 4.74 Å². The lowest BCUT2D eigenvalue weighted by Crippen LogP contribution is -2.27. The number of ether oxygens (including phenoxy) is 1. The molecular formula is C17H22N2O3S. The number of aromatic nitrogens is 2. The summed E-state index contributed by atoms with van der Waals surface area (Å²) < 4.78 is 6.92. The van der Waals surface area contributed by atoms with Gasteiger partial charge in [-0.3, -0.25) is 14.2 Å². The van der Waals surface area contributed by atoms with Gasteiger partial charge in [0.25, 0.3) is 5.56 Å². The van der Waals surface area contributed by atoms with Crippen molar-refractivity contribution in [3.8, 4) is 0 Å². The summed E-state index contributed by atoms with van der Waals surface area (Å²) in [5.41, 5.74) is 0.0324. The summed E-state index contributed by atoms with van der Waals surface area (Å²) in [5, 5.41) is 1.12. The number of para-hydroxylation sites is 1. The molecule has 0 unspecified atom stereocenters. The lowest BCUT2D eigenvalue weighted by molar-refractivity contribution is -0.151. The van der Waals surface area contributed by atoms with Crippen LogP contribution in [0, 0.1) is 0 Å². The summed E-state index contributed by atoms with van der Waals surface area (Å²) in [5.74, 6) is -0.199. The molecule has 0 bridgehead atoms. The average molecular weight is 334 g/mol. The number of nitrogens with zero attached hydrogens (tertiary/aromatic N) is 2. The Kier molecular flexibility index (Phi) is 5.14. The molecule has 5 nitrogen and oxygen atoms in total. The Labute approximate surface area is 140 Å². The van der Waals surface area contributed by atoms with Crippen LogP contribution in [0.15, 0.2) is 34.2 Å². The SMILES string of the molecule is CC(C)n1c(SCC(=O)OC(C)(C)C)nc2ccccc2c1=O. The molecule has 1 aromatic carbocycles. The third-order valence-corrected chi connectivity index (χ3v) is 3.96. The van der Waals surface area contributed by atoms with Crippen LogP contribution >= 0.6 is 11.8 Å². The highest BCUT2D eigenvalue weighted by atomic mass is 32.2. The molecule has 1 aromatic heterocycles. The summed E-state index contributed by atoms with van der Waals surface area (Å²) in [6.07, 6.45) is 0. The number of hydrogen-bond acceptors (Lipinski definition) is 5. The summed E-state index contributed by atoms with van der Waals surface area (Å²) >= 11 is 1.23. The van der Waals surface area contributed by atoms with Gasteiger partial charge in [-0.15, -0.1) is 0 Å². The first-order valence-corrected chi connectivity index (χ1v) is 8.53. The largest absolute Gasteiger partial charge is 0.459 e. The van der Waals surface area contributed by atoms with Crippen molar-refractivity contribution >= 4 is 28.6 Å². The van der Waals surface area contributed by atoms with E-state index in [0.29, 0.717) is 16.1 Å². The third kappa shape index (κ3) is 4.34. The first-order chi connectivity index (χ1) is 10.7. The van der Waals surface area contributed by atoms with Gasteiger partial charge >= 0.3 is 5.97 Å². The van der Waals surface area contributed by atoms with Crippen LogP contribution in [0.25, 0.3) is 10.9 Å². The molecule has 0 spiro atoms. The number of rotatable bonds is 4. The molecule has 2 rings (SSSR count). The second-order valence-electron chi connectivity index (χ2n) is 6.56. The van der Waals surface area contributed by atoms with Crippen molar-refractivity contribution in [2.75, 3.05) is 5.75 Å². The fourth-order valence-electron chi connectivity index (χ4n) is 2.18. The van der Waals surface area contributed by atoms with Crippen LogP contribution in [-0.4, -0.2) is 26.9 Å². The number of carbonyl (C=O) groups excluding carboxylic acids is 1. The minimum atomic E-state index is -0.522. The van der Waals surface area contributed by atoms with Gasteiger partial charge in [-0.1, -0.05) is 23.9 Å². The van der Waals surface area contributed by atoms with Gasteiger partial charge in [0, 0.05) is 6.04 Å². The van der Waals surface area contributed by atoms with E-state index in [9.17, 15) is 9.59 Å². The first-order valence-electron chi connectivity index (χ1n) is 7.55. The maximum absolute atomic E-state index is 12.7. The predicted molar refractivity (Wildman–Crippen MR) is 93.0 cm³/mol. The molecule has 1 heterocycles. The Morgan fingerprint density at radius 1 is 1.30 bits per heavy atom. The standard InChI is InChI=1S/C17H22N2O3S/c1-11(2)19-15(21)12-8-6-7-9-13(12)18-16(19)23-10-14(20)22-17(3,4)5/h6-9,11H,10H2,1-5H3. The fraction of sp³-hybridized carbons (Fsp3) is 0.471. The van der Waals surface area contributed by atoms with E-state index in [1.165, 1.54) is 11.8 Å². The maximum atomic E-state index is 12.7. The Balaban J connectivity index is 2.34. The van der Waals surface area contributed by atoms with Crippen molar-refractivity contribution < 1.29 is 9.53 Å². The zero-order chi connectivity index (χ0) is 17.2. The molecular weight excluding hydrogens is 312 g/mol. The number of hydrogen-bond donors (Lipinski definition) is 0. The Morgan fingerprint density at radius 3 is 2.57 bits per heavy atom. The van der Waals surface area contributed by atoms with Crippen LogP contribution < -0.4 is 5.56 Å². The number of thioether (sulfide) groups is 1. The first kappa shape index (κ1) is 17.5. The molecule has 124 valence electrons. The Morgan fingerprint density at radius 2 is 1.96 bits per heavy atom. The van der Waals surface area contributed by atoms with E-state index in [2.05, 4.69) is 4.98 Å². The second kappa shape index (κ2) is 6.74. The second-order valence-corrected chi connectivity index (χ2v) is 7.50. The summed E-state index contributed by atoms with van der Waals surface area (Å²) in [6.45, 7) is 9.33. The van der Waals surface area contributed by atoms with E-state index in [1.54, 1.807) is 16.7 Å². The molecule has 0 saturated carbocycles. The monoisotopic (exact) mass is 334 g/mol. The highest BCUT2D eigenvalue weighted by Gasteiger charge is 2.19. The third-order valence-electron chi connectivity index (χ3n) is 3.03. The van der Waals surface area contributed by atoms with Crippen LogP contribution in [0.5, 0.6) is 0 Å². The van der Waals surface area contributed by atoms with Crippen molar-refractivity contribution in [2.45, 2.75) is 51.4 Å². The molecule has 0 aliphatic heterocycles. The minimum Gasteiger partial charge on any atom is -0.459 e. The van der Waals surface area contributed by atoms with Gasteiger partial charge in [-0.05, 0) is 46.8 Å². The lowest BCUT2D eigenvalue weighted by Gasteiger charge is -2.20. The van der Waals surface area contributed by atoms with Gasteiger partial charge in [-0.2, -0.15) is 0 Å². The van der Waals surface area contributed by atoms with Crippen molar-refractivity contribution in [3.63, 3.8) is 0 Å². The minimum absolute atomic E-state index is 0.0410. The molecule has 6 heteroatoms. The summed E-state index contributed by atoms with van der Waals surface area (Å²) in [6, 6.07) is 7.20. The van der Waals surface area contributed by atoms with E-state index in [-0.39, 0.29) is 23.3 Å². The zero-order valence-corrected chi connectivity index (χ0v) is 14.9. The van der Waals surface area contributed by atoms with Crippen molar-refractivity contribution in [3.05, 3.63) is 34.6 Å². The van der Waals surface area contributed by atoms with Crippen molar-refractivity contribution in [1.82, 2.24) is 9.55 Å². The normalized spacial score (nSPS) is 11.9. The van der Waals surface area contributed by atoms with Gasteiger partial charge < -0.3 is 4.74 Å². The number of esters is 1. The van der Waals surface area contributed by atoms with Crippen molar-refractivity contribution in [1.29, 1.82) is 0 Å². The van der Waals surface area contributed by atoms with Crippen LogP contribution in [-0.2, 0) is 9.53 Å². The topological polar surface area (TPSA) is 61.2 Å². The van der Waals surface area contributed by atoms with Crippen molar-refractivity contribution in [2.24, 2.45) is 0 Å². The lowest BCUT2D eigenvalue weighted by atomic mass is 10.2. The molecule has 0 saturated heterocycles. The van der Waals surface area contributed by atoms with Crippen LogP contribution in [0.2, 0.25) is 0 Å². The Hall–Kier alpha value is -1.82. The predicted octanol–water partition coefficient (Wildman–Crippen LogP) is 3.41. The molecule has 0 amide bonds. The van der Waals surface area contributed by atoms with E-state index in [0.717, 1.165) is 0 Å². The number of carbonyl (C=O) groups is 1. The molecule has 0 radical (unpaired) electrons. The van der Waals surface area contributed by atoms with E-state index in [1.807, 2.05) is 46.8 Å². The summed E-state index contributed by atoms with van der Waals surface area (Å²) in [7, 11) is 0. The Bertz CT molecular complexity index is 775. The van der Waals surface area contributed by atoms with Gasteiger partial charge in [0.1, 0.15) is 5.60 Å². The summed E-state index contributed by atoms with van der Waals surface area (Å²) in [4.78, 5) is 29.1. The highest BCUT2D eigenvalue weighted by Crippen LogP contribution is 2.21. The fourth-order valence-corrected chi connectivity index (χ4v) is 3.08. The quantitative estimate of drug-likeness (QED) is 0.487. The maximum Gasteiger partial charge on any atom is 0.316 e. The van der Waals surface area contributed by atoms with E-state index < -0.39 is 5.60 Å². The van der Waals surface area contributed by atoms with Gasteiger partial charge in [0.2, 0.25) is 0 Å². The number of fused-ring (bicyclic) bond motifs is 1. The zero-order valence-electron chi connectivity index (χ0n) is 14.1. The van der Waals surface area contributed by atoms with Crippen LogP contribution in [0.3, 0.4) is 0 Å². The van der Waals surface area contributed by atoms with Gasteiger partial charge in [-0.25, -0.2) is 4.98 Å². The van der Waals surface area contributed by atoms with E-state index >= 15 is 0 Å². The highest BCUT2D eigenvalue weighted by molar-refractivity contribution is 7.99. The van der Waals surface area contributed by atoms with Crippen LogP contribution in [0.1, 0.15) is 40.7 Å². The molecule has 23 heavy (non-hydrogen) atoms. The molecule has 0 atom stereocenters. The van der Waals surface area contributed by atoms with Gasteiger partial charge in [0.05, 0.1) is 16.7 Å². The smallest absolute Gasteiger partial charge is 0.316 e. The molecule has 0 aliphatic carbocycles. The van der Waals surface area contributed by atoms with Gasteiger partial charge in [0.15, 0.2) is 5.16 Å². The molecule has 0 fully saturated rings. The average Bonchev–Trinajstić information content (AvgIpc) is 2.43. The van der Waals surface area contributed by atoms with Crippen LogP contribution in [0.4, 0.5) is 0 Å². The molecule has 0 aliphatic rings.